The summed E-state index contributed by atoms with van der Waals surface area (Å²) in [5.74, 6) is -3.61. The molecule has 6 atom stereocenters. The molecule has 1 saturated carbocycles. The van der Waals surface area contributed by atoms with Gasteiger partial charge in [0, 0.05) is 21.1 Å². The lowest BCUT2D eigenvalue weighted by Crippen LogP contribution is -2.43. The van der Waals surface area contributed by atoms with Crippen LogP contribution in [0.2, 0.25) is 0 Å². The number of phenols is 1. The Morgan fingerprint density at radius 3 is 1.95 bits per heavy atom. The van der Waals surface area contributed by atoms with Crippen molar-refractivity contribution in [1.29, 1.82) is 0 Å². The van der Waals surface area contributed by atoms with Crippen LogP contribution < -0.4 is 0 Å². The fraction of sp³-hybridized carbons (Fsp3) is 0.294. The van der Waals surface area contributed by atoms with E-state index in [4.69, 9.17) is 0 Å². The molecule has 9 heteroatoms. The fourth-order valence-electron chi connectivity index (χ4n) is 8.07. The van der Waals surface area contributed by atoms with Crippen LogP contribution in [0.5, 0.6) is 5.75 Å². The van der Waals surface area contributed by atoms with Crippen LogP contribution in [-0.4, -0.2) is 38.5 Å². The van der Waals surface area contributed by atoms with Crippen LogP contribution in [-0.2, 0) is 32.3 Å². The first-order valence-corrected chi connectivity index (χ1v) is 16.3. The summed E-state index contributed by atoms with van der Waals surface area (Å²) < 4.78 is 0. The summed E-state index contributed by atoms with van der Waals surface area (Å²) in [4.78, 5) is 60.6. The lowest BCUT2D eigenvalue weighted by Gasteiger charge is -2.44. The van der Waals surface area contributed by atoms with Crippen molar-refractivity contribution in [3.63, 3.8) is 0 Å². The number of fused-ring (bicyclic) bond motifs is 5. The van der Waals surface area contributed by atoms with E-state index in [1.807, 2.05) is 65.4 Å². The van der Waals surface area contributed by atoms with Crippen molar-refractivity contribution in [2.45, 2.75) is 31.8 Å². The number of nitrogens with zero attached hydrogens (tertiary/aromatic N) is 2. The molecule has 4 aliphatic rings. The maximum absolute atomic E-state index is 14.2. The number of allylic oxidation sites excluding steroid dienone is 2. The highest BCUT2D eigenvalue weighted by molar-refractivity contribution is 7.10. The average molecular weight is 609 g/mol. The number of rotatable bonds is 5. The predicted octanol–water partition coefficient (Wildman–Crippen LogP) is 5.70. The molecule has 0 radical (unpaired) electrons. The van der Waals surface area contributed by atoms with Gasteiger partial charge in [0.2, 0.25) is 23.6 Å². The van der Waals surface area contributed by atoms with Crippen molar-refractivity contribution in [3.05, 3.63) is 98.4 Å². The molecule has 216 valence electrons. The van der Waals surface area contributed by atoms with Gasteiger partial charge in [0.15, 0.2) is 0 Å². The summed E-state index contributed by atoms with van der Waals surface area (Å²) in [7, 11) is 0. The summed E-state index contributed by atoms with van der Waals surface area (Å²) in [6, 6.07) is 18.7. The van der Waals surface area contributed by atoms with E-state index in [0.717, 1.165) is 26.3 Å². The summed E-state index contributed by atoms with van der Waals surface area (Å²) in [6.45, 7) is 0.488. The zero-order valence-electron chi connectivity index (χ0n) is 23.1. The Bertz CT molecular complexity index is 1830. The summed E-state index contributed by atoms with van der Waals surface area (Å²) in [5.41, 5.74) is 1.83. The molecule has 1 N–H and O–H groups in total. The number of aromatic hydroxyl groups is 1. The Labute approximate surface area is 256 Å². The molecule has 0 unspecified atom stereocenters. The number of thiophene rings is 2. The van der Waals surface area contributed by atoms with Crippen LogP contribution in [0, 0.1) is 29.6 Å². The van der Waals surface area contributed by atoms with Crippen LogP contribution >= 0.6 is 22.7 Å². The molecule has 0 bridgehead atoms. The Balaban J connectivity index is 1.25. The minimum atomic E-state index is -0.617. The molecule has 2 aliphatic heterocycles. The zero-order valence-corrected chi connectivity index (χ0v) is 24.7. The Morgan fingerprint density at radius 2 is 1.30 bits per heavy atom. The van der Waals surface area contributed by atoms with E-state index in [9.17, 15) is 24.3 Å². The highest BCUT2D eigenvalue weighted by Crippen LogP contribution is 2.59. The lowest BCUT2D eigenvalue weighted by molar-refractivity contribution is -0.142. The van der Waals surface area contributed by atoms with Gasteiger partial charge in [0.25, 0.3) is 0 Å². The largest absolute Gasteiger partial charge is 0.507 e. The average Bonchev–Trinajstić information content (AvgIpc) is 3.82. The zero-order chi connectivity index (χ0) is 29.4. The van der Waals surface area contributed by atoms with Gasteiger partial charge in [-0.25, -0.2) is 0 Å². The first kappa shape index (κ1) is 26.5. The SMILES string of the molecule is O=C1[C@H]2[C@H](CC=C3[C@H]2C[C@H]2C(=O)N(Cc4cccs4)C(=O)[C@H]2[C@H]3c2ccc(O)c3ccccc23)C(=O)N1Cc1cccs1. The van der Waals surface area contributed by atoms with E-state index in [2.05, 4.69) is 6.08 Å². The summed E-state index contributed by atoms with van der Waals surface area (Å²) in [5, 5.41) is 16.1. The van der Waals surface area contributed by atoms with Gasteiger partial charge in [-0.3, -0.25) is 29.0 Å². The molecule has 43 heavy (non-hydrogen) atoms. The van der Waals surface area contributed by atoms with Crippen LogP contribution in [0.3, 0.4) is 0 Å². The molecule has 4 amide bonds. The number of benzene rings is 2. The first-order valence-electron chi connectivity index (χ1n) is 14.6. The maximum Gasteiger partial charge on any atom is 0.234 e. The van der Waals surface area contributed by atoms with Crippen molar-refractivity contribution in [1.82, 2.24) is 9.80 Å². The second kappa shape index (κ2) is 9.99. The van der Waals surface area contributed by atoms with Crippen LogP contribution in [0.4, 0.5) is 0 Å². The smallest absolute Gasteiger partial charge is 0.234 e. The Morgan fingerprint density at radius 1 is 0.674 bits per heavy atom. The normalized spacial score (nSPS) is 28.3. The van der Waals surface area contributed by atoms with Crippen molar-refractivity contribution < 1.29 is 24.3 Å². The number of carbonyl (C=O) groups excluding carboxylic acids is 4. The van der Waals surface area contributed by atoms with Gasteiger partial charge in [0.05, 0.1) is 36.8 Å². The van der Waals surface area contributed by atoms with Gasteiger partial charge >= 0.3 is 0 Å². The monoisotopic (exact) mass is 608 g/mol. The molecular formula is C34H28N2O5S2. The number of amides is 4. The van der Waals surface area contributed by atoms with Crippen LogP contribution in [0.1, 0.15) is 34.1 Å². The van der Waals surface area contributed by atoms with Crippen molar-refractivity contribution >= 4 is 57.1 Å². The number of carbonyl (C=O) groups is 4. The maximum atomic E-state index is 14.2. The minimum absolute atomic E-state index is 0.148. The molecule has 4 aromatic rings. The second-order valence-corrected chi connectivity index (χ2v) is 14.0. The third-order valence-corrected chi connectivity index (χ3v) is 11.6. The van der Waals surface area contributed by atoms with Crippen LogP contribution in [0.15, 0.2) is 83.1 Å². The molecule has 4 heterocycles. The minimum Gasteiger partial charge on any atom is -0.507 e. The quantitative estimate of drug-likeness (QED) is 0.232. The molecule has 2 saturated heterocycles. The summed E-state index contributed by atoms with van der Waals surface area (Å²) >= 11 is 3.03. The van der Waals surface area contributed by atoms with Crippen molar-refractivity contribution in [3.8, 4) is 5.75 Å². The van der Waals surface area contributed by atoms with E-state index >= 15 is 0 Å². The van der Waals surface area contributed by atoms with E-state index in [0.29, 0.717) is 18.2 Å². The van der Waals surface area contributed by atoms with E-state index in [1.54, 1.807) is 6.07 Å². The lowest BCUT2D eigenvalue weighted by atomic mass is 9.57. The van der Waals surface area contributed by atoms with E-state index in [-0.39, 0.29) is 48.4 Å². The van der Waals surface area contributed by atoms with Gasteiger partial charge in [-0.1, -0.05) is 54.1 Å². The van der Waals surface area contributed by atoms with E-state index in [1.165, 1.54) is 32.5 Å². The molecule has 2 aromatic heterocycles. The van der Waals surface area contributed by atoms with E-state index < -0.39 is 29.6 Å². The molecular weight excluding hydrogens is 581 g/mol. The standard InChI is InChI=1S/C34H28N2O5S2/c37-27-12-11-22(20-7-1-2-8-21(20)27)28-23-9-10-24-29(33(40)35(31(24)38)16-18-5-3-13-42-18)25(23)15-26-30(28)34(41)36(32(26)39)17-19-6-4-14-43-19/h1-9,11-14,24-26,28-30,37H,10,15-17H2/t24-,25+,26+,28-,29-,30+/m0/s1. The highest BCUT2D eigenvalue weighted by Gasteiger charge is 2.62. The number of likely N-dealkylation sites (tertiary alicyclic amines) is 2. The third-order valence-electron chi connectivity index (χ3n) is 9.89. The van der Waals surface area contributed by atoms with Crippen molar-refractivity contribution in [2.24, 2.45) is 29.6 Å². The van der Waals surface area contributed by atoms with Gasteiger partial charge < -0.3 is 5.11 Å². The molecule has 3 fully saturated rings. The molecule has 7 nitrogen and oxygen atoms in total. The number of hydrogen-bond acceptors (Lipinski definition) is 7. The predicted molar refractivity (Wildman–Crippen MR) is 163 cm³/mol. The van der Waals surface area contributed by atoms with Crippen LogP contribution in [0.25, 0.3) is 10.8 Å². The Hall–Kier alpha value is -4.08. The van der Waals surface area contributed by atoms with Gasteiger partial charge in [0.1, 0.15) is 5.75 Å². The third kappa shape index (κ3) is 3.98. The molecule has 2 aliphatic carbocycles. The van der Waals surface area contributed by atoms with Gasteiger partial charge in [-0.05, 0) is 58.7 Å². The molecule has 0 spiro atoms. The van der Waals surface area contributed by atoms with Gasteiger partial charge in [-0.15, -0.1) is 22.7 Å². The van der Waals surface area contributed by atoms with Crippen molar-refractivity contribution in [2.75, 3.05) is 0 Å². The summed E-state index contributed by atoms with van der Waals surface area (Å²) in [6.07, 6.45) is 2.86. The molecule has 8 rings (SSSR count). The van der Waals surface area contributed by atoms with Gasteiger partial charge in [-0.2, -0.15) is 0 Å². The first-order chi connectivity index (χ1) is 20.9. The topological polar surface area (TPSA) is 95.0 Å². The number of hydrogen-bond donors (Lipinski definition) is 1. The molecule has 2 aromatic carbocycles. The highest BCUT2D eigenvalue weighted by atomic mass is 32.1. The number of phenolic OH excluding ortho intramolecular Hbond substituents is 1. The second-order valence-electron chi connectivity index (χ2n) is 11.9. The fourth-order valence-corrected chi connectivity index (χ4v) is 9.46. The Kier molecular flexibility index (Phi) is 6.17. The number of imide groups is 2.